The zero-order chi connectivity index (χ0) is 22.8. The van der Waals surface area contributed by atoms with Crippen LogP contribution in [0.3, 0.4) is 0 Å². The maximum absolute atomic E-state index is 12.7. The van der Waals surface area contributed by atoms with E-state index in [0.717, 1.165) is 28.8 Å². The molecule has 2 heterocycles. The first-order valence-corrected chi connectivity index (χ1v) is 10.8. The second kappa shape index (κ2) is 8.70. The highest BCUT2D eigenvalue weighted by Crippen LogP contribution is 2.15. The van der Waals surface area contributed by atoms with Crippen LogP contribution in [0.4, 0.5) is 0 Å². The number of hydrogen-bond donors (Lipinski definition) is 1. The number of amides is 1. The number of para-hydroxylation sites is 2. The Hall–Kier alpha value is -4.26. The summed E-state index contributed by atoms with van der Waals surface area (Å²) >= 11 is 0. The van der Waals surface area contributed by atoms with E-state index in [4.69, 9.17) is 0 Å². The molecule has 0 aliphatic carbocycles. The van der Waals surface area contributed by atoms with Crippen LogP contribution in [0.25, 0.3) is 16.7 Å². The SMILES string of the molecule is Cc1ccc(-n2nnc(C(=O)NCc3ccc(Cn4cnc5ccccc54)cc3)c2C)cc1. The van der Waals surface area contributed by atoms with Gasteiger partial charge in [-0.15, -0.1) is 5.10 Å². The second-order valence-electron chi connectivity index (χ2n) is 8.13. The molecule has 0 fully saturated rings. The van der Waals surface area contributed by atoms with Crippen molar-refractivity contribution in [1.29, 1.82) is 0 Å². The number of benzene rings is 3. The summed E-state index contributed by atoms with van der Waals surface area (Å²) in [6.45, 7) is 5.05. The molecule has 7 nitrogen and oxygen atoms in total. The summed E-state index contributed by atoms with van der Waals surface area (Å²) in [5.41, 5.74) is 7.38. The fourth-order valence-electron chi connectivity index (χ4n) is 3.83. The Bertz CT molecular complexity index is 1410. The molecule has 0 aliphatic heterocycles. The van der Waals surface area contributed by atoms with Crippen LogP contribution in [0.5, 0.6) is 0 Å². The molecule has 164 valence electrons. The smallest absolute Gasteiger partial charge is 0.274 e. The molecule has 0 aliphatic rings. The van der Waals surface area contributed by atoms with E-state index in [1.165, 1.54) is 11.1 Å². The lowest BCUT2D eigenvalue weighted by atomic mass is 10.1. The number of hydrogen-bond acceptors (Lipinski definition) is 4. The van der Waals surface area contributed by atoms with Gasteiger partial charge in [0.05, 0.1) is 28.7 Å². The van der Waals surface area contributed by atoms with Crippen molar-refractivity contribution in [1.82, 2.24) is 29.9 Å². The van der Waals surface area contributed by atoms with Crippen LogP contribution in [0, 0.1) is 13.8 Å². The first kappa shape index (κ1) is 20.6. The fraction of sp³-hybridized carbons (Fsp3) is 0.154. The average molecular weight is 437 g/mol. The topological polar surface area (TPSA) is 77.6 Å². The molecule has 33 heavy (non-hydrogen) atoms. The molecule has 3 aromatic carbocycles. The molecule has 2 aromatic heterocycles. The molecule has 5 aromatic rings. The summed E-state index contributed by atoms with van der Waals surface area (Å²) in [7, 11) is 0. The van der Waals surface area contributed by atoms with Gasteiger partial charge in [0.25, 0.3) is 5.91 Å². The highest BCUT2D eigenvalue weighted by Gasteiger charge is 2.17. The second-order valence-corrected chi connectivity index (χ2v) is 8.13. The molecule has 7 heteroatoms. The number of aromatic nitrogens is 5. The maximum Gasteiger partial charge on any atom is 0.274 e. The fourth-order valence-corrected chi connectivity index (χ4v) is 3.83. The Balaban J connectivity index is 1.23. The highest BCUT2D eigenvalue weighted by atomic mass is 16.2. The first-order chi connectivity index (χ1) is 16.1. The van der Waals surface area contributed by atoms with E-state index in [-0.39, 0.29) is 5.91 Å². The van der Waals surface area contributed by atoms with Gasteiger partial charge in [-0.1, -0.05) is 59.3 Å². The Morgan fingerprint density at radius 3 is 2.42 bits per heavy atom. The molecule has 1 N–H and O–H groups in total. The van der Waals surface area contributed by atoms with Crippen molar-refractivity contribution >= 4 is 16.9 Å². The normalized spacial score (nSPS) is 11.1. The summed E-state index contributed by atoms with van der Waals surface area (Å²) in [6.07, 6.45) is 1.87. The number of carbonyl (C=O) groups excluding carboxylic acids is 1. The number of fused-ring (bicyclic) bond motifs is 1. The van der Waals surface area contributed by atoms with E-state index in [0.29, 0.717) is 17.9 Å². The Morgan fingerprint density at radius 1 is 0.909 bits per heavy atom. The van der Waals surface area contributed by atoms with Gasteiger partial charge in [-0.25, -0.2) is 9.67 Å². The van der Waals surface area contributed by atoms with Crippen molar-refractivity contribution in [2.24, 2.45) is 0 Å². The van der Waals surface area contributed by atoms with E-state index in [1.54, 1.807) is 4.68 Å². The van der Waals surface area contributed by atoms with Gasteiger partial charge in [-0.3, -0.25) is 4.79 Å². The van der Waals surface area contributed by atoms with Crippen LogP contribution >= 0.6 is 0 Å². The van der Waals surface area contributed by atoms with Crippen molar-refractivity contribution in [3.63, 3.8) is 0 Å². The van der Waals surface area contributed by atoms with Gasteiger partial charge >= 0.3 is 0 Å². The third-order valence-corrected chi connectivity index (χ3v) is 5.74. The Labute approximate surface area is 191 Å². The third-order valence-electron chi connectivity index (χ3n) is 5.74. The van der Waals surface area contributed by atoms with E-state index in [2.05, 4.69) is 43.4 Å². The van der Waals surface area contributed by atoms with Gasteiger partial charge in [0.1, 0.15) is 0 Å². The van der Waals surface area contributed by atoms with Crippen molar-refractivity contribution in [2.75, 3.05) is 0 Å². The lowest BCUT2D eigenvalue weighted by Gasteiger charge is -2.08. The monoisotopic (exact) mass is 436 g/mol. The van der Waals surface area contributed by atoms with Crippen molar-refractivity contribution in [3.8, 4) is 5.69 Å². The summed E-state index contributed by atoms with van der Waals surface area (Å²) in [5, 5.41) is 11.2. The van der Waals surface area contributed by atoms with E-state index < -0.39 is 0 Å². The van der Waals surface area contributed by atoms with Gasteiger partial charge in [0.2, 0.25) is 0 Å². The zero-order valence-corrected chi connectivity index (χ0v) is 18.6. The van der Waals surface area contributed by atoms with Crippen LogP contribution < -0.4 is 5.32 Å². The van der Waals surface area contributed by atoms with E-state index in [1.807, 2.05) is 74.8 Å². The Morgan fingerprint density at radius 2 is 1.64 bits per heavy atom. The minimum atomic E-state index is -0.236. The molecule has 1 amide bonds. The zero-order valence-electron chi connectivity index (χ0n) is 18.6. The average Bonchev–Trinajstić information content (AvgIpc) is 3.43. The number of aryl methyl sites for hydroxylation is 1. The number of nitrogens with zero attached hydrogens (tertiary/aromatic N) is 5. The van der Waals surface area contributed by atoms with Gasteiger partial charge in [0, 0.05) is 13.1 Å². The predicted octanol–water partition coefficient (Wildman–Crippen LogP) is 4.21. The Kier molecular flexibility index (Phi) is 5.44. The minimum absolute atomic E-state index is 0.236. The standard InChI is InChI=1S/C26H24N6O/c1-18-7-13-22(14-8-18)32-19(2)25(29-30-32)26(33)27-15-20-9-11-21(12-10-20)16-31-17-28-23-5-3-4-6-24(23)31/h3-14,17H,15-16H2,1-2H3,(H,27,33). The predicted molar refractivity (Wildman–Crippen MR) is 127 cm³/mol. The molecule has 0 saturated carbocycles. The highest BCUT2D eigenvalue weighted by molar-refractivity contribution is 5.93. The lowest BCUT2D eigenvalue weighted by Crippen LogP contribution is -2.24. The van der Waals surface area contributed by atoms with Gasteiger partial charge in [-0.05, 0) is 49.2 Å². The molecule has 0 spiro atoms. The summed E-state index contributed by atoms with van der Waals surface area (Å²) < 4.78 is 3.81. The van der Waals surface area contributed by atoms with Crippen LogP contribution in [0.15, 0.2) is 79.1 Å². The summed E-state index contributed by atoms with van der Waals surface area (Å²) in [4.78, 5) is 17.1. The number of imidazole rings is 1. The maximum atomic E-state index is 12.7. The molecule has 0 unspecified atom stereocenters. The van der Waals surface area contributed by atoms with Crippen molar-refractivity contribution in [3.05, 3.63) is 107 Å². The molecule has 0 saturated heterocycles. The number of carbonyl (C=O) groups is 1. The van der Waals surface area contributed by atoms with Gasteiger partial charge < -0.3 is 9.88 Å². The molecule has 5 rings (SSSR count). The molecular weight excluding hydrogens is 412 g/mol. The van der Waals surface area contributed by atoms with Crippen molar-refractivity contribution in [2.45, 2.75) is 26.9 Å². The van der Waals surface area contributed by atoms with Crippen molar-refractivity contribution < 1.29 is 4.79 Å². The first-order valence-electron chi connectivity index (χ1n) is 10.8. The van der Waals surface area contributed by atoms with Crippen LogP contribution in [-0.2, 0) is 13.1 Å². The molecule has 0 bridgehead atoms. The number of rotatable bonds is 6. The quantitative estimate of drug-likeness (QED) is 0.433. The van der Waals surface area contributed by atoms with Gasteiger partial charge in [0.15, 0.2) is 5.69 Å². The molecule has 0 atom stereocenters. The number of nitrogens with one attached hydrogen (secondary N) is 1. The molecule has 0 radical (unpaired) electrons. The van der Waals surface area contributed by atoms with E-state index >= 15 is 0 Å². The summed E-state index contributed by atoms with van der Waals surface area (Å²) in [5.74, 6) is -0.236. The minimum Gasteiger partial charge on any atom is -0.347 e. The van der Waals surface area contributed by atoms with Crippen LogP contribution in [0.2, 0.25) is 0 Å². The van der Waals surface area contributed by atoms with Gasteiger partial charge in [-0.2, -0.15) is 0 Å². The molecular formula is C26H24N6O. The van der Waals surface area contributed by atoms with Crippen LogP contribution in [-0.4, -0.2) is 30.5 Å². The lowest BCUT2D eigenvalue weighted by molar-refractivity contribution is 0.0945. The van der Waals surface area contributed by atoms with Crippen LogP contribution in [0.1, 0.15) is 32.9 Å². The summed E-state index contributed by atoms with van der Waals surface area (Å²) in [6, 6.07) is 24.3. The largest absolute Gasteiger partial charge is 0.347 e. The van der Waals surface area contributed by atoms with E-state index in [9.17, 15) is 4.79 Å². The third kappa shape index (κ3) is 4.25.